The summed E-state index contributed by atoms with van der Waals surface area (Å²) in [6.07, 6.45) is 7.17. The number of piperazine rings is 1. The number of aliphatic imine (C=N–C) groups is 1. The van der Waals surface area contributed by atoms with E-state index in [4.69, 9.17) is 0 Å². The van der Waals surface area contributed by atoms with Crippen molar-refractivity contribution in [2.75, 3.05) is 58.3 Å². The number of halogens is 1. The molecule has 1 unspecified atom stereocenters. The van der Waals surface area contributed by atoms with Crippen LogP contribution in [0.25, 0.3) is 0 Å². The number of anilines is 1. The van der Waals surface area contributed by atoms with Crippen molar-refractivity contribution in [1.29, 1.82) is 0 Å². The van der Waals surface area contributed by atoms with Gasteiger partial charge in [-0.25, -0.2) is 4.98 Å². The van der Waals surface area contributed by atoms with Crippen molar-refractivity contribution >= 4 is 35.8 Å². The molecule has 30 heavy (non-hydrogen) atoms. The molecule has 4 rings (SSSR count). The third-order valence-corrected chi connectivity index (χ3v) is 5.98. The van der Waals surface area contributed by atoms with E-state index >= 15 is 0 Å². The van der Waals surface area contributed by atoms with Gasteiger partial charge in [0, 0.05) is 78.2 Å². The Morgan fingerprint density at radius 2 is 2.00 bits per heavy atom. The van der Waals surface area contributed by atoms with Crippen molar-refractivity contribution in [3.05, 3.63) is 41.9 Å². The number of aryl methyl sites for hydroxylation is 1. The zero-order valence-corrected chi connectivity index (χ0v) is 20.5. The van der Waals surface area contributed by atoms with Gasteiger partial charge in [-0.05, 0) is 36.7 Å². The number of rotatable bonds is 4. The van der Waals surface area contributed by atoms with E-state index in [2.05, 4.69) is 60.5 Å². The van der Waals surface area contributed by atoms with Crippen LogP contribution in [0.15, 0.2) is 35.7 Å². The van der Waals surface area contributed by atoms with Gasteiger partial charge in [-0.1, -0.05) is 0 Å². The van der Waals surface area contributed by atoms with Crippen LogP contribution in [0.5, 0.6) is 0 Å². The maximum atomic E-state index is 4.59. The van der Waals surface area contributed by atoms with E-state index < -0.39 is 0 Å². The van der Waals surface area contributed by atoms with Crippen molar-refractivity contribution in [2.45, 2.75) is 18.9 Å². The summed E-state index contributed by atoms with van der Waals surface area (Å²) in [5, 5.41) is 7.86. The van der Waals surface area contributed by atoms with Gasteiger partial charge in [0.15, 0.2) is 5.96 Å². The first-order valence-corrected chi connectivity index (χ1v) is 10.4. The molecule has 0 radical (unpaired) electrons. The molecule has 8 nitrogen and oxygen atoms in total. The van der Waals surface area contributed by atoms with Crippen molar-refractivity contribution < 1.29 is 0 Å². The number of aromatic nitrogens is 3. The zero-order valence-electron chi connectivity index (χ0n) is 18.2. The predicted octanol–water partition coefficient (Wildman–Crippen LogP) is 1.75. The Morgan fingerprint density at radius 1 is 1.20 bits per heavy atom. The maximum Gasteiger partial charge on any atom is 0.193 e. The highest BCUT2D eigenvalue weighted by molar-refractivity contribution is 14.0. The second kappa shape index (κ2) is 10.4. The van der Waals surface area contributed by atoms with Crippen molar-refractivity contribution in [2.24, 2.45) is 12.0 Å². The smallest absolute Gasteiger partial charge is 0.193 e. The monoisotopic (exact) mass is 524 g/mol. The van der Waals surface area contributed by atoms with Gasteiger partial charge in [0.25, 0.3) is 0 Å². The lowest BCUT2D eigenvalue weighted by Crippen LogP contribution is -2.44. The molecule has 2 aromatic rings. The molecular weight excluding hydrogens is 491 g/mol. The lowest BCUT2D eigenvalue weighted by molar-refractivity contribution is 0.312. The number of likely N-dealkylation sites (N-methyl/N-ethyl adjacent to an activating group) is 1. The van der Waals surface area contributed by atoms with Gasteiger partial charge in [0.1, 0.15) is 5.82 Å². The highest BCUT2D eigenvalue weighted by atomic mass is 127. The minimum Gasteiger partial charge on any atom is -0.354 e. The number of hydrogen-bond acceptors (Lipinski definition) is 5. The van der Waals surface area contributed by atoms with E-state index in [1.165, 1.54) is 11.1 Å². The second-order valence-electron chi connectivity index (χ2n) is 8.09. The molecule has 4 heterocycles. The molecule has 0 spiro atoms. The van der Waals surface area contributed by atoms with Crippen LogP contribution in [0.3, 0.4) is 0 Å². The molecule has 1 N–H and O–H groups in total. The number of nitrogens with zero attached hydrogens (tertiary/aromatic N) is 7. The van der Waals surface area contributed by atoms with E-state index in [1.807, 2.05) is 31.2 Å². The molecule has 0 amide bonds. The van der Waals surface area contributed by atoms with E-state index in [0.717, 1.165) is 64.0 Å². The SMILES string of the molecule is CN=C(NCc1ccnc(N2CCN(C)CC2)c1)N1CCC(c2cnn(C)c2)C1.I. The summed E-state index contributed by atoms with van der Waals surface area (Å²) in [5.41, 5.74) is 2.55. The summed E-state index contributed by atoms with van der Waals surface area (Å²) >= 11 is 0. The summed E-state index contributed by atoms with van der Waals surface area (Å²) in [4.78, 5) is 16.2. The van der Waals surface area contributed by atoms with Crippen molar-refractivity contribution in [3.63, 3.8) is 0 Å². The fourth-order valence-electron chi connectivity index (χ4n) is 4.17. The summed E-state index contributed by atoms with van der Waals surface area (Å²) in [6.45, 7) is 6.99. The van der Waals surface area contributed by atoms with Crippen LogP contribution in [-0.4, -0.2) is 83.9 Å². The largest absolute Gasteiger partial charge is 0.354 e. The van der Waals surface area contributed by atoms with Gasteiger partial charge in [0.2, 0.25) is 0 Å². The van der Waals surface area contributed by atoms with Crippen LogP contribution >= 0.6 is 24.0 Å². The Labute approximate surface area is 196 Å². The van der Waals surface area contributed by atoms with E-state index in [1.54, 1.807) is 0 Å². The molecule has 2 aliphatic rings. The fraction of sp³-hybridized carbons (Fsp3) is 0.571. The molecule has 0 saturated carbocycles. The van der Waals surface area contributed by atoms with Crippen LogP contribution in [0.4, 0.5) is 5.82 Å². The summed E-state index contributed by atoms with van der Waals surface area (Å²) in [5.74, 6) is 2.56. The van der Waals surface area contributed by atoms with Crippen LogP contribution in [0.2, 0.25) is 0 Å². The third-order valence-electron chi connectivity index (χ3n) is 5.98. The predicted molar refractivity (Wildman–Crippen MR) is 132 cm³/mol. The molecule has 2 fully saturated rings. The molecular formula is C21H33IN8. The molecule has 164 valence electrons. The van der Waals surface area contributed by atoms with Crippen molar-refractivity contribution in [3.8, 4) is 0 Å². The third kappa shape index (κ3) is 5.42. The summed E-state index contributed by atoms with van der Waals surface area (Å²) in [7, 11) is 6.01. The Hall–Kier alpha value is -1.88. The summed E-state index contributed by atoms with van der Waals surface area (Å²) < 4.78 is 1.88. The fourth-order valence-corrected chi connectivity index (χ4v) is 4.17. The molecule has 2 aliphatic heterocycles. The topological polar surface area (TPSA) is 64.8 Å². The van der Waals surface area contributed by atoms with Gasteiger partial charge in [-0.2, -0.15) is 5.10 Å². The van der Waals surface area contributed by atoms with Gasteiger partial charge in [0.05, 0.1) is 6.20 Å². The summed E-state index contributed by atoms with van der Waals surface area (Å²) in [6, 6.07) is 4.29. The molecule has 9 heteroatoms. The van der Waals surface area contributed by atoms with Crippen LogP contribution < -0.4 is 10.2 Å². The molecule has 0 aliphatic carbocycles. The molecule has 2 aromatic heterocycles. The first kappa shape index (κ1) is 22.8. The Morgan fingerprint density at radius 3 is 2.70 bits per heavy atom. The highest BCUT2D eigenvalue weighted by Crippen LogP contribution is 2.26. The van der Waals surface area contributed by atoms with Gasteiger partial charge < -0.3 is 20.0 Å². The van der Waals surface area contributed by atoms with Gasteiger partial charge in [-0.3, -0.25) is 9.67 Å². The number of guanidine groups is 1. The molecule has 0 bridgehead atoms. The van der Waals surface area contributed by atoms with Crippen LogP contribution in [0.1, 0.15) is 23.5 Å². The first-order valence-electron chi connectivity index (χ1n) is 10.4. The van der Waals surface area contributed by atoms with E-state index in [9.17, 15) is 0 Å². The van der Waals surface area contributed by atoms with E-state index in [-0.39, 0.29) is 24.0 Å². The maximum absolute atomic E-state index is 4.59. The number of likely N-dealkylation sites (tertiary alicyclic amines) is 1. The Bertz CT molecular complexity index is 843. The minimum atomic E-state index is 0. The molecule has 0 aromatic carbocycles. The normalized spacial score (nSPS) is 20.4. The quantitative estimate of drug-likeness (QED) is 0.374. The molecule has 2 saturated heterocycles. The molecule has 1 atom stereocenters. The Kier molecular flexibility index (Phi) is 7.93. The average molecular weight is 524 g/mol. The van der Waals surface area contributed by atoms with Crippen molar-refractivity contribution in [1.82, 2.24) is 29.9 Å². The second-order valence-corrected chi connectivity index (χ2v) is 8.09. The average Bonchev–Trinajstić information content (AvgIpc) is 3.39. The zero-order chi connectivity index (χ0) is 20.2. The van der Waals surface area contributed by atoms with Gasteiger partial charge in [-0.15, -0.1) is 24.0 Å². The van der Waals surface area contributed by atoms with Crippen LogP contribution in [-0.2, 0) is 13.6 Å². The number of pyridine rings is 1. The lowest BCUT2D eigenvalue weighted by atomic mass is 10.0. The lowest BCUT2D eigenvalue weighted by Gasteiger charge is -2.33. The first-order chi connectivity index (χ1) is 14.1. The standard InChI is InChI=1S/C21H32N8.HI/c1-22-21(29-7-5-18(16-29)19-14-25-27(3)15-19)24-13-17-4-6-23-20(12-17)28-10-8-26(2)9-11-28;/h4,6,12,14-15,18H,5,7-11,13,16H2,1-3H3,(H,22,24);1H. The number of nitrogens with one attached hydrogen (secondary N) is 1. The number of hydrogen-bond donors (Lipinski definition) is 1. The van der Waals surface area contributed by atoms with E-state index in [0.29, 0.717) is 5.92 Å². The van der Waals surface area contributed by atoms with Gasteiger partial charge >= 0.3 is 0 Å². The Balaban J connectivity index is 0.00000256. The minimum absolute atomic E-state index is 0. The highest BCUT2D eigenvalue weighted by Gasteiger charge is 2.26. The van der Waals surface area contributed by atoms with Crippen LogP contribution in [0, 0.1) is 0 Å².